The molecule has 0 heterocycles. The van der Waals surface area contributed by atoms with Crippen LogP contribution in [0.2, 0.25) is 0 Å². The fourth-order valence-corrected chi connectivity index (χ4v) is 2.66. The summed E-state index contributed by atoms with van der Waals surface area (Å²) >= 11 is 0. The molecule has 94 valence electrons. The van der Waals surface area contributed by atoms with E-state index in [-0.39, 0.29) is 5.82 Å². The number of nitrogens with zero attached hydrogens (tertiary/aromatic N) is 1. The number of nitrogen functional groups attached to an aromatic ring is 1. The molecule has 1 aliphatic rings. The maximum Gasteiger partial charge on any atom is 0.125 e. The minimum absolute atomic E-state index is 0.213. The van der Waals surface area contributed by atoms with E-state index in [1.165, 1.54) is 44.6 Å². The van der Waals surface area contributed by atoms with Crippen molar-refractivity contribution in [1.82, 2.24) is 0 Å². The SMILES string of the molecule is CN(c1cc(F)ccc1N)C1CCCCCC1. The van der Waals surface area contributed by atoms with E-state index in [2.05, 4.69) is 4.90 Å². The Kier molecular flexibility index (Phi) is 3.87. The third-order valence-corrected chi connectivity index (χ3v) is 3.74. The van der Waals surface area contributed by atoms with Crippen molar-refractivity contribution in [2.24, 2.45) is 0 Å². The van der Waals surface area contributed by atoms with Gasteiger partial charge in [0.2, 0.25) is 0 Å². The van der Waals surface area contributed by atoms with Gasteiger partial charge in [0.15, 0.2) is 0 Å². The molecule has 0 bridgehead atoms. The predicted octanol–water partition coefficient (Wildman–Crippen LogP) is 3.57. The molecule has 1 aromatic carbocycles. The van der Waals surface area contributed by atoms with Gasteiger partial charge in [0, 0.05) is 13.1 Å². The largest absolute Gasteiger partial charge is 0.397 e. The average molecular weight is 236 g/mol. The van der Waals surface area contributed by atoms with Crippen molar-refractivity contribution >= 4 is 11.4 Å². The first-order chi connectivity index (χ1) is 8.18. The molecule has 0 aromatic heterocycles. The van der Waals surface area contributed by atoms with Crippen LogP contribution >= 0.6 is 0 Å². The molecule has 2 rings (SSSR count). The monoisotopic (exact) mass is 236 g/mol. The van der Waals surface area contributed by atoms with E-state index in [1.807, 2.05) is 7.05 Å². The van der Waals surface area contributed by atoms with Gasteiger partial charge in [-0.15, -0.1) is 0 Å². The molecule has 17 heavy (non-hydrogen) atoms. The summed E-state index contributed by atoms with van der Waals surface area (Å²) in [6, 6.07) is 5.11. The zero-order valence-corrected chi connectivity index (χ0v) is 10.5. The summed E-state index contributed by atoms with van der Waals surface area (Å²) in [7, 11) is 2.03. The molecule has 2 N–H and O–H groups in total. The summed E-state index contributed by atoms with van der Waals surface area (Å²) in [5.74, 6) is -0.213. The van der Waals surface area contributed by atoms with Crippen LogP contribution in [0.25, 0.3) is 0 Å². The summed E-state index contributed by atoms with van der Waals surface area (Å²) in [5.41, 5.74) is 7.42. The number of benzene rings is 1. The summed E-state index contributed by atoms with van der Waals surface area (Å²) in [6.07, 6.45) is 7.55. The van der Waals surface area contributed by atoms with E-state index < -0.39 is 0 Å². The zero-order valence-electron chi connectivity index (χ0n) is 10.5. The summed E-state index contributed by atoms with van der Waals surface area (Å²) in [4.78, 5) is 2.16. The molecule has 0 atom stereocenters. The lowest BCUT2D eigenvalue weighted by Gasteiger charge is -2.30. The lowest BCUT2D eigenvalue weighted by molar-refractivity contribution is 0.551. The molecule has 0 unspecified atom stereocenters. The lowest BCUT2D eigenvalue weighted by atomic mass is 10.1. The topological polar surface area (TPSA) is 29.3 Å². The third-order valence-electron chi connectivity index (χ3n) is 3.74. The number of rotatable bonds is 2. The zero-order chi connectivity index (χ0) is 12.3. The Labute approximate surface area is 103 Å². The van der Waals surface area contributed by atoms with Crippen LogP contribution in [0.4, 0.5) is 15.8 Å². The van der Waals surface area contributed by atoms with E-state index in [0.717, 1.165) is 5.69 Å². The molecule has 0 radical (unpaired) electrons. The molecule has 2 nitrogen and oxygen atoms in total. The molecular weight excluding hydrogens is 215 g/mol. The van der Waals surface area contributed by atoms with Crippen LogP contribution in [0.5, 0.6) is 0 Å². The number of halogens is 1. The Morgan fingerprint density at radius 3 is 2.47 bits per heavy atom. The summed E-state index contributed by atoms with van der Waals surface area (Å²) in [5, 5.41) is 0. The van der Waals surface area contributed by atoms with Crippen LogP contribution in [0.3, 0.4) is 0 Å². The molecule has 0 spiro atoms. The first kappa shape index (κ1) is 12.2. The molecule has 1 fully saturated rings. The first-order valence-electron chi connectivity index (χ1n) is 6.46. The van der Waals surface area contributed by atoms with Crippen LogP contribution in [-0.4, -0.2) is 13.1 Å². The van der Waals surface area contributed by atoms with Gasteiger partial charge >= 0.3 is 0 Å². The van der Waals surface area contributed by atoms with Crippen LogP contribution < -0.4 is 10.6 Å². The van der Waals surface area contributed by atoms with Gasteiger partial charge < -0.3 is 10.6 Å². The van der Waals surface area contributed by atoms with E-state index in [0.29, 0.717) is 11.7 Å². The standard InChI is InChI=1S/C14H21FN2/c1-17(12-6-4-2-3-5-7-12)14-10-11(15)8-9-13(14)16/h8-10,12H,2-7,16H2,1H3. The normalized spacial score (nSPS) is 17.8. The Balaban J connectivity index is 2.16. The second kappa shape index (κ2) is 5.39. The molecule has 0 saturated heterocycles. The minimum Gasteiger partial charge on any atom is -0.397 e. The summed E-state index contributed by atoms with van der Waals surface area (Å²) in [6.45, 7) is 0. The molecule has 1 aromatic rings. The van der Waals surface area contributed by atoms with E-state index in [9.17, 15) is 4.39 Å². The van der Waals surface area contributed by atoms with Gasteiger partial charge in [-0.25, -0.2) is 4.39 Å². The molecule has 1 aliphatic carbocycles. The van der Waals surface area contributed by atoms with Gasteiger partial charge in [0.05, 0.1) is 11.4 Å². The maximum atomic E-state index is 13.3. The highest BCUT2D eigenvalue weighted by atomic mass is 19.1. The van der Waals surface area contributed by atoms with Crippen LogP contribution in [0.15, 0.2) is 18.2 Å². The quantitative estimate of drug-likeness (QED) is 0.628. The van der Waals surface area contributed by atoms with Gasteiger partial charge in [-0.3, -0.25) is 0 Å². The third kappa shape index (κ3) is 2.90. The number of hydrogen-bond acceptors (Lipinski definition) is 2. The lowest BCUT2D eigenvalue weighted by Crippen LogP contribution is -2.31. The van der Waals surface area contributed by atoms with Crippen LogP contribution in [0.1, 0.15) is 38.5 Å². The second-order valence-electron chi connectivity index (χ2n) is 4.96. The first-order valence-corrected chi connectivity index (χ1v) is 6.46. The molecular formula is C14H21FN2. The highest BCUT2D eigenvalue weighted by Crippen LogP contribution is 2.29. The Bertz CT molecular complexity index is 370. The Morgan fingerprint density at radius 1 is 1.18 bits per heavy atom. The molecule has 0 amide bonds. The van der Waals surface area contributed by atoms with E-state index >= 15 is 0 Å². The fraction of sp³-hybridized carbons (Fsp3) is 0.571. The van der Waals surface area contributed by atoms with Crippen molar-refractivity contribution < 1.29 is 4.39 Å². The van der Waals surface area contributed by atoms with Crippen molar-refractivity contribution in [3.63, 3.8) is 0 Å². The number of nitrogens with two attached hydrogens (primary N) is 1. The van der Waals surface area contributed by atoms with Gasteiger partial charge in [-0.05, 0) is 31.0 Å². The van der Waals surface area contributed by atoms with Crippen LogP contribution in [-0.2, 0) is 0 Å². The molecule has 0 aliphatic heterocycles. The number of anilines is 2. The van der Waals surface area contributed by atoms with Crippen molar-refractivity contribution in [3.8, 4) is 0 Å². The van der Waals surface area contributed by atoms with Crippen LogP contribution in [0, 0.1) is 5.82 Å². The van der Waals surface area contributed by atoms with E-state index in [4.69, 9.17) is 5.73 Å². The minimum atomic E-state index is -0.213. The average Bonchev–Trinajstić information content (AvgIpc) is 2.60. The Morgan fingerprint density at radius 2 is 1.82 bits per heavy atom. The number of hydrogen-bond donors (Lipinski definition) is 1. The van der Waals surface area contributed by atoms with Gasteiger partial charge in [-0.1, -0.05) is 25.7 Å². The smallest absolute Gasteiger partial charge is 0.125 e. The van der Waals surface area contributed by atoms with Crippen molar-refractivity contribution in [3.05, 3.63) is 24.0 Å². The fourth-order valence-electron chi connectivity index (χ4n) is 2.66. The highest BCUT2D eigenvalue weighted by Gasteiger charge is 2.19. The molecule has 1 saturated carbocycles. The van der Waals surface area contributed by atoms with Crippen molar-refractivity contribution in [2.75, 3.05) is 17.7 Å². The maximum absolute atomic E-state index is 13.3. The highest BCUT2D eigenvalue weighted by molar-refractivity contribution is 5.67. The van der Waals surface area contributed by atoms with Crippen molar-refractivity contribution in [1.29, 1.82) is 0 Å². The van der Waals surface area contributed by atoms with Gasteiger partial charge in [0.1, 0.15) is 5.82 Å². The van der Waals surface area contributed by atoms with Gasteiger partial charge in [0.25, 0.3) is 0 Å². The molecule has 3 heteroatoms. The predicted molar refractivity (Wildman–Crippen MR) is 70.7 cm³/mol. The van der Waals surface area contributed by atoms with Crippen molar-refractivity contribution in [2.45, 2.75) is 44.6 Å². The summed E-state index contributed by atoms with van der Waals surface area (Å²) < 4.78 is 13.3. The second-order valence-corrected chi connectivity index (χ2v) is 4.96. The van der Waals surface area contributed by atoms with Gasteiger partial charge in [-0.2, -0.15) is 0 Å². The van der Waals surface area contributed by atoms with E-state index in [1.54, 1.807) is 12.1 Å². The Hall–Kier alpha value is -1.25.